The largest absolute Gasteiger partial charge is 0.396 e. The van der Waals surface area contributed by atoms with Gasteiger partial charge in [0.05, 0.1) is 5.69 Å². The van der Waals surface area contributed by atoms with Crippen LogP contribution in [0.15, 0.2) is 46.9 Å². The molecule has 0 aliphatic heterocycles. The highest BCUT2D eigenvalue weighted by Gasteiger charge is 2.00. The summed E-state index contributed by atoms with van der Waals surface area (Å²) >= 11 is 3.35. The minimum atomic E-state index is -0.415. The van der Waals surface area contributed by atoms with Crippen molar-refractivity contribution in [3.05, 3.63) is 52.8 Å². The predicted molar refractivity (Wildman–Crippen MR) is 68.2 cm³/mol. The van der Waals surface area contributed by atoms with E-state index in [2.05, 4.69) is 21.2 Å². The highest BCUT2D eigenvalue weighted by atomic mass is 79.9. The third-order valence-corrected chi connectivity index (χ3v) is 2.66. The van der Waals surface area contributed by atoms with Crippen LogP contribution in [0.3, 0.4) is 0 Å². The van der Waals surface area contributed by atoms with Crippen molar-refractivity contribution in [2.75, 3.05) is 11.1 Å². The average molecular weight is 281 g/mol. The molecule has 0 aromatic heterocycles. The van der Waals surface area contributed by atoms with Crippen LogP contribution in [0.25, 0.3) is 0 Å². The van der Waals surface area contributed by atoms with Gasteiger partial charge in [-0.05, 0) is 42.5 Å². The Kier molecular flexibility index (Phi) is 3.10. The molecule has 2 aromatic rings. The molecule has 2 rings (SSSR count). The van der Waals surface area contributed by atoms with E-state index in [9.17, 15) is 4.39 Å². The minimum Gasteiger partial charge on any atom is -0.396 e. The van der Waals surface area contributed by atoms with Crippen LogP contribution < -0.4 is 11.1 Å². The molecule has 82 valence electrons. The number of hydrogen-bond donors (Lipinski definition) is 2. The van der Waals surface area contributed by atoms with Crippen molar-refractivity contribution in [3.8, 4) is 0 Å². The van der Waals surface area contributed by atoms with Crippen molar-refractivity contribution in [1.29, 1.82) is 0 Å². The van der Waals surface area contributed by atoms with Crippen LogP contribution in [0.5, 0.6) is 0 Å². The summed E-state index contributed by atoms with van der Waals surface area (Å²) in [6.45, 7) is 0. The molecule has 2 nitrogen and oxygen atoms in total. The summed E-state index contributed by atoms with van der Waals surface area (Å²) in [4.78, 5) is 0. The fourth-order valence-electron chi connectivity index (χ4n) is 1.30. The Morgan fingerprint density at radius 2 is 1.62 bits per heavy atom. The van der Waals surface area contributed by atoms with Gasteiger partial charge in [0, 0.05) is 15.8 Å². The molecular formula is C12H10BrFN2. The second kappa shape index (κ2) is 4.53. The van der Waals surface area contributed by atoms with Gasteiger partial charge in [-0.25, -0.2) is 4.39 Å². The Morgan fingerprint density at radius 1 is 1.00 bits per heavy atom. The van der Waals surface area contributed by atoms with Crippen molar-refractivity contribution in [2.24, 2.45) is 0 Å². The van der Waals surface area contributed by atoms with Gasteiger partial charge in [0.2, 0.25) is 0 Å². The van der Waals surface area contributed by atoms with E-state index >= 15 is 0 Å². The number of benzene rings is 2. The van der Waals surface area contributed by atoms with Gasteiger partial charge in [-0.3, -0.25) is 0 Å². The third kappa shape index (κ3) is 2.52. The van der Waals surface area contributed by atoms with E-state index in [1.165, 1.54) is 12.1 Å². The monoisotopic (exact) mass is 280 g/mol. The summed E-state index contributed by atoms with van der Waals surface area (Å²) in [7, 11) is 0. The Bertz CT molecular complexity index is 497. The van der Waals surface area contributed by atoms with E-state index in [1.807, 2.05) is 24.3 Å². The number of rotatable bonds is 2. The van der Waals surface area contributed by atoms with Crippen LogP contribution in [0.4, 0.5) is 21.5 Å². The highest BCUT2D eigenvalue weighted by molar-refractivity contribution is 9.10. The fourth-order valence-corrected chi connectivity index (χ4v) is 1.57. The van der Waals surface area contributed by atoms with Crippen molar-refractivity contribution >= 4 is 33.0 Å². The van der Waals surface area contributed by atoms with E-state index in [4.69, 9.17) is 5.73 Å². The minimum absolute atomic E-state index is 0.154. The zero-order valence-corrected chi connectivity index (χ0v) is 9.96. The molecule has 0 unspecified atom stereocenters. The Balaban J connectivity index is 2.20. The van der Waals surface area contributed by atoms with Crippen molar-refractivity contribution in [1.82, 2.24) is 0 Å². The molecule has 0 spiro atoms. The molecule has 0 atom stereocenters. The van der Waals surface area contributed by atoms with Crippen molar-refractivity contribution in [3.63, 3.8) is 0 Å². The van der Waals surface area contributed by atoms with Crippen LogP contribution >= 0.6 is 15.9 Å². The maximum absolute atomic E-state index is 13.2. The fraction of sp³-hybridized carbons (Fsp3) is 0. The first-order valence-electron chi connectivity index (χ1n) is 4.73. The lowest BCUT2D eigenvalue weighted by Gasteiger charge is -2.07. The SMILES string of the molecule is Nc1ccc(Nc2ccc(Br)cc2)cc1F. The molecule has 0 bridgehead atoms. The standard InChI is InChI=1S/C12H10BrFN2/c13-8-1-3-9(4-2-8)16-10-5-6-12(15)11(14)7-10/h1-7,16H,15H2. The number of halogens is 2. The van der Waals surface area contributed by atoms with Crippen LogP contribution in [-0.2, 0) is 0 Å². The van der Waals surface area contributed by atoms with E-state index < -0.39 is 5.82 Å². The molecule has 0 amide bonds. The quantitative estimate of drug-likeness (QED) is 0.819. The summed E-state index contributed by atoms with van der Waals surface area (Å²) in [6, 6.07) is 12.3. The Morgan fingerprint density at radius 3 is 2.25 bits per heavy atom. The summed E-state index contributed by atoms with van der Waals surface area (Å²) < 4.78 is 14.2. The highest BCUT2D eigenvalue weighted by Crippen LogP contribution is 2.21. The first kappa shape index (κ1) is 11.0. The molecule has 2 aromatic carbocycles. The molecule has 0 fully saturated rings. The average Bonchev–Trinajstić information content (AvgIpc) is 2.27. The number of nitrogen functional groups attached to an aromatic ring is 1. The Hall–Kier alpha value is -1.55. The molecule has 0 aliphatic carbocycles. The molecule has 0 aliphatic rings. The maximum Gasteiger partial charge on any atom is 0.148 e. The zero-order valence-electron chi connectivity index (χ0n) is 8.37. The number of nitrogens with two attached hydrogens (primary N) is 1. The van der Waals surface area contributed by atoms with Crippen molar-refractivity contribution in [2.45, 2.75) is 0 Å². The topological polar surface area (TPSA) is 38.0 Å². The lowest BCUT2D eigenvalue weighted by atomic mass is 10.2. The smallest absolute Gasteiger partial charge is 0.148 e. The summed E-state index contributed by atoms with van der Waals surface area (Å²) in [5.74, 6) is -0.415. The van der Waals surface area contributed by atoms with Crippen molar-refractivity contribution < 1.29 is 4.39 Å². The molecular weight excluding hydrogens is 271 g/mol. The molecule has 16 heavy (non-hydrogen) atoms. The van der Waals surface area contributed by atoms with Gasteiger partial charge in [-0.15, -0.1) is 0 Å². The van der Waals surface area contributed by atoms with Crippen LogP contribution in [0.1, 0.15) is 0 Å². The first-order valence-corrected chi connectivity index (χ1v) is 5.52. The normalized spacial score (nSPS) is 10.1. The van der Waals surface area contributed by atoms with E-state index in [-0.39, 0.29) is 5.69 Å². The van der Waals surface area contributed by atoms with Gasteiger partial charge in [-0.1, -0.05) is 15.9 Å². The van der Waals surface area contributed by atoms with Crippen LogP contribution in [0, 0.1) is 5.82 Å². The van der Waals surface area contributed by atoms with E-state index in [1.54, 1.807) is 6.07 Å². The predicted octanol–water partition coefficient (Wildman–Crippen LogP) is 3.91. The summed E-state index contributed by atoms with van der Waals surface area (Å²) in [6.07, 6.45) is 0. The Labute approximate surface area is 101 Å². The zero-order chi connectivity index (χ0) is 11.5. The molecule has 0 saturated carbocycles. The van der Waals surface area contributed by atoms with Gasteiger partial charge in [0.1, 0.15) is 5.82 Å². The number of hydrogen-bond acceptors (Lipinski definition) is 2. The molecule has 0 radical (unpaired) electrons. The summed E-state index contributed by atoms with van der Waals surface area (Å²) in [5, 5.41) is 3.08. The van der Waals surface area contributed by atoms with Gasteiger partial charge < -0.3 is 11.1 Å². The van der Waals surface area contributed by atoms with Crippen LogP contribution in [-0.4, -0.2) is 0 Å². The number of nitrogens with one attached hydrogen (secondary N) is 1. The number of anilines is 3. The first-order chi connectivity index (χ1) is 7.65. The van der Waals surface area contributed by atoms with E-state index in [0.29, 0.717) is 5.69 Å². The van der Waals surface area contributed by atoms with Gasteiger partial charge in [0.15, 0.2) is 0 Å². The molecule has 4 heteroatoms. The molecule has 3 N–H and O–H groups in total. The van der Waals surface area contributed by atoms with Gasteiger partial charge in [-0.2, -0.15) is 0 Å². The lowest BCUT2D eigenvalue weighted by molar-refractivity contribution is 0.633. The lowest BCUT2D eigenvalue weighted by Crippen LogP contribution is -1.94. The molecule has 0 heterocycles. The van der Waals surface area contributed by atoms with E-state index in [0.717, 1.165) is 10.2 Å². The second-order valence-corrected chi connectivity index (χ2v) is 4.28. The molecule has 0 saturated heterocycles. The maximum atomic E-state index is 13.2. The second-order valence-electron chi connectivity index (χ2n) is 3.37. The third-order valence-electron chi connectivity index (χ3n) is 2.13. The van der Waals surface area contributed by atoms with Crippen LogP contribution in [0.2, 0.25) is 0 Å². The van der Waals surface area contributed by atoms with Gasteiger partial charge in [0.25, 0.3) is 0 Å². The van der Waals surface area contributed by atoms with Gasteiger partial charge >= 0.3 is 0 Å². The summed E-state index contributed by atoms with van der Waals surface area (Å²) in [5.41, 5.74) is 7.12.